The van der Waals surface area contributed by atoms with Crippen LogP contribution in [0.1, 0.15) is 31.4 Å². The molecule has 0 heterocycles. The lowest BCUT2D eigenvalue weighted by Crippen LogP contribution is -2.32. The van der Waals surface area contributed by atoms with Gasteiger partial charge in [-0.15, -0.1) is 0 Å². The van der Waals surface area contributed by atoms with Crippen molar-refractivity contribution in [3.05, 3.63) is 64.7 Å². The second kappa shape index (κ2) is 11.1. The van der Waals surface area contributed by atoms with Gasteiger partial charge >= 0.3 is 0 Å². The van der Waals surface area contributed by atoms with Crippen LogP contribution in [0, 0.1) is 5.92 Å². The Labute approximate surface area is 169 Å². The maximum Gasteiger partial charge on any atom is 0.249 e. The standard InChI is InChI=1S/C21H24ClN3O3/c1-15(2)12-23-20(26)11-21(27)25-24-13-16-5-9-19(10-6-16)28-14-17-3-7-18(22)8-4-17/h3-10,13,15H,11-12,14H2,1-2H3,(H,23,26)(H,25,27)/b24-13-. The summed E-state index contributed by atoms with van der Waals surface area (Å²) >= 11 is 5.86. The van der Waals surface area contributed by atoms with E-state index in [1.165, 1.54) is 6.21 Å². The van der Waals surface area contributed by atoms with E-state index in [1.54, 1.807) is 0 Å². The molecule has 0 fully saturated rings. The fourth-order valence-corrected chi connectivity index (χ4v) is 2.27. The summed E-state index contributed by atoms with van der Waals surface area (Å²) in [4.78, 5) is 23.2. The molecular weight excluding hydrogens is 378 g/mol. The van der Waals surface area contributed by atoms with Crippen LogP contribution in [0.15, 0.2) is 53.6 Å². The summed E-state index contributed by atoms with van der Waals surface area (Å²) in [6, 6.07) is 14.7. The average Bonchev–Trinajstić information content (AvgIpc) is 2.67. The number of hydrogen-bond donors (Lipinski definition) is 2. The van der Waals surface area contributed by atoms with Gasteiger partial charge in [0.2, 0.25) is 11.8 Å². The first-order valence-electron chi connectivity index (χ1n) is 8.98. The van der Waals surface area contributed by atoms with Crippen molar-refractivity contribution >= 4 is 29.6 Å². The predicted molar refractivity (Wildman–Crippen MR) is 110 cm³/mol. The summed E-state index contributed by atoms with van der Waals surface area (Å²) in [6.45, 7) is 4.96. The van der Waals surface area contributed by atoms with Crippen LogP contribution in [0.3, 0.4) is 0 Å². The van der Waals surface area contributed by atoms with E-state index in [1.807, 2.05) is 62.4 Å². The van der Waals surface area contributed by atoms with Crippen LogP contribution in [0.4, 0.5) is 0 Å². The lowest BCUT2D eigenvalue weighted by Gasteiger charge is -2.07. The fraction of sp³-hybridized carbons (Fsp3) is 0.286. The minimum Gasteiger partial charge on any atom is -0.489 e. The molecule has 28 heavy (non-hydrogen) atoms. The first kappa shape index (κ1) is 21.4. The molecule has 0 atom stereocenters. The third-order valence-electron chi connectivity index (χ3n) is 3.63. The van der Waals surface area contributed by atoms with Gasteiger partial charge in [-0.2, -0.15) is 5.10 Å². The predicted octanol–water partition coefficient (Wildman–Crippen LogP) is 3.53. The zero-order valence-corrected chi connectivity index (χ0v) is 16.7. The highest BCUT2D eigenvalue weighted by atomic mass is 35.5. The third-order valence-corrected chi connectivity index (χ3v) is 3.88. The van der Waals surface area contributed by atoms with Crippen molar-refractivity contribution in [1.82, 2.24) is 10.7 Å². The average molecular weight is 402 g/mol. The van der Waals surface area contributed by atoms with Crippen molar-refractivity contribution in [3.8, 4) is 5.75 Å². The number of benzene rings is 2. The van der Waals surface area contributed by atoms with E-state index < -0.39 is 5.91 Å². The number of halogens is 1. The van der Waals surface area contributed by atoms with E-state index in [9.17, 15) is 9.59 Å². The third kappa shape index (κ3) is 8.22. The highest BCUT2D eigenvalue weighted by Gasteiger charge is 2.08. The molecule has 2 rings (SSSR count). The Kier molecular flexibility index (Phi) is 8.49. The maximum atomic E-state index is 11.7. The van der Waals surface area contributed by atoms with Crippen LogP contribution in [0.2, 0.25) is 5.02 Å². The van der Waals surface area contributed by atoms with Gasteiger partial charge < -0.3 is 10.1 Å². The molecule has 2 N–H and O–H groups in total. The molecule has 6 nitrogen and oxygen atoms in total. The quantitative estimate of drug-likeness (QED) is 0.383. The number of ether oxygens (including phenoxy) is 1. The Hall–Kier alpha value is -2.86. The second-order valence-electron chi connectivity index (χ2n) is 6.65. The van der Waals surface area contributed by atoms with E-state index in [2.05, 4.69) is 15.8 Å². The maximum absolute atomic E-state index is 11.7. The van der Waals surface area contributed by atoms with E-state index in [0.29, 0.717) is 24.1 Å². The highest BCUT2D eigenvalue weighted by molar-refractivity contribution is 6.30. The molecule has 7 heteroatoms. The first-order valence-corrected chi connectivity index (χ1v) is 9.36. The molecule has 0 aliphatic carbocycles. The van der Waals surface area contributed by atoms with Crippen molar-refractivity contribution in [3.63, 3.8) is 0 Å². The van der Waals surface area contributed by atoms with Crippen molar-refractivity contribution in [1.29, 1.82) is 0 Å². The molecular formula is C21H24ClN3O3. The van der Waals surface area contributed by atoms with Gasteiger partial charge in [0, 0.05) is 11.6 Å². The molecule has 2 aromatic rings. The summed E-state index contributed by atoms with van der Waals surface area (Å²) < 4.78 is 5.71. The number of hydrogen-bond acceptors (Lipinski definition) is 4. The monoisotopic (exact) mass is 401 g/mol. The number of nitrogens with one attached hydrogen (secondary N) is 2. The van der Waals surface area contributed by atoms with Crippen molar-refractivity contribution < 1.29 is 14.3 Å². The van der Waals surface area contributed by atoms with Crippen LogP contribution in [-0.4, -0.2) is 24.6 Å². The smallest absolute Gasteiger partial charge is 0.249 e. The van der Waals surface area contributed by atoms with E-state index in [4.69, 9.17) is 16.3 Å². The van der Waals surface area contributed by atoms with Crippen molar-refractivity contribution in [2.24, 2.45) is 11.0 Å². The van der Waals surface area contributed by atoms with Gasteiger partial charge in [0.1, 0.15) is 18.8 Å². The summed E-state index contributed by atoms with van der Waals surface area (Å²) in [7, 11) is 0. The Balaban J connectivity index is 1.74. The van der Waals surface area contributed by atoms with Crippen LogP contribution >= 0.6 is 11.6 Å². The van der Waals surface area contributed by atoms with E-state index in [-0.39, 0.29) is 12.3 Å². The number of carbonyl (C=O) groups is 2. The Morgan fingerprint density at radius 2 is 1.75 bits per heavy atom. The molecule has 0 saturated carbocycles. The van der Waals surface area contributed by atoms with Gasteiger partial charge in [-0.1, -0.05) is 37.6 Å². The molecule has 0 aliphatic rings. The Morgan fingerprint density at radius 3 is 2.39 bits per heavy atom. The largest absolute Gasteiger partial charge is 0.489 e. The molecule has 0 saturated heterocycles. The number of amides is 2. The minimum absolute atomic E-state index is 0.248. The SMILES string of the molecule is CC(C)CNC(=O)CC(=O)N/N=C\c1ccc(OCc2ccc(Cl)cc2)cc1. The molecule has 2 amide bonds. The molecule has 0 aliphatic heterocycles. The number of rotatable bonds is 9. The van der Waals surface area contributed by atoms with Crippen LogP contribution in [0.25, 0.3) is 0 Å². The van der Waals surface area contributed by atoms with E-state index >= 15 is 0 Å². The molecule has 0 bridgehead atoms. The molecule has 2 aromatic carbocycles. The molecule has 0 aromatic heterocycles. The van der Waals surface area contributed by atoms with Crippen molar-refractivity contribution in [2.45, 2.75) is 26.9 Å². The number of carbonyl (C=O) groups excluding carboxylic acids is 2. The number of nitrogens with zero attached hydrogens (tertiary/aromatic N) is 1. The topological polar surface area (TPSA) is 79.8 Å². The molecule has 0 spiro atoms. The molecule has 0 radical (unpaired) electrons. The van der Waals surface area contributed by atoms with Gasteiger partial charge in [-0.05, 0) is 53.4 Å². The minimum atomic E-state index is -0.458. The summed E-state index contributed by atoms with van der Waals surface area (Å²) in [5.41, 5.74) is 4.16. The van der Waals surface area contributed by atoms with E-state index in [0.717, 1.165) is 16.9 Å². The summed E-state index contributed by atoms with van der Waals surface area (Å²) in [5, 5.41) is 7.24. The van der Waals surface area contributed by atoms with Gasteiger partial charge in [-0.25, -0.2) is 5.43 Å². The summed E-state index contributed by atoms with van der Waals surface area (Å²) in [5.74, 6) is 0.283. The van der Waals surface area contributed by atoms with Crippen LogP contribution in [-0.2, 0) is 16.2 Å². The second-order valence-corrected chi connectivity index (χ2v) is 7.09. The van der Waals surface area contributed by atoms with Gasteiger partial charge in [0.05, 0.1) is 6.21 Å². The molecule has 0 unspecified atom stereocenters. The number of hydrazone groups is 1. The lowest BCUT2D eigenvalue weighted by atomic mass is 10.2. The first-order chi connectivity index (χ1) is 13.4. The van der Waals surface area contributed by atoms with Crippen molar-refractivity contribution in [2.75, 3.05) is 6.54 Å². The zero-order chi connectivity index (χ0) is 20.4. The molecule has 148 valence electrons. The lowest BCUT2D eigenvalue weighted by molar-refractivity contribution is -0.129. The highest BCUT2D eigenvalue weighted by Crippen LogP contribution is 2.15. The fourth-order valence-electron chi connectivity index (χ4n) is 2.14. The normalized spacial score (nSPS) is 10.9. The Morgan fingerprint density at radius 1 is 1.07 bits per heavy atom. The zero-order valence-electron chi connectivity index (χ0n) is 15.9. The van der Waals surface area contributed by atoms with Crippen LogP contribution in [0.5, 0.6) is 5.75 Å². The van der Waals surface area contributed by atoms with Gasteiger partial charge in [0.25, 0.3) is 0 Å². The van der Waals surface area contributed by atoms with Gasteiger partial charge in [-0.3, -0.25) is 9.59 Å². The Bertz CT molecular complexity index is 803. The van der Waals surface area contributed by atoms with Crippen LogP contribution < -0.4 is 15.5 Å². The van der Waals surface area contributed by atoms with Gasteiger partial charge in [0.15, 0.2) is 0 Å². The summed E-state index contributed by atoms with van der Waals surface area (Å²) in [6.07, 6.45) is 1.26.